The number of likely N-dealkylation sites (tertiary alicyclic amines) is 1. The van der Waals surface area contributed by atoms with E-state index in [0.29, 0.717) is 13.0 Å². The summed E-state index contributed by atoms with van der Waals surface area (Å²) in [5.74, 6) is 0.188. The van der Waals surface area contributed by atoms with Crippen LogP contribution in [-0.2, 0) is 4.79 Å². The van der Waals surface area contributed by atoms with Crippen LogP contribution in [0.4, 0.5) is 0 Å². The number of carbonyl (C=O) groups excluding carboxylic acids is 1. The van der Waals surface area contributed by atoms with Crippen molar-refractivity contribution in [3.63, 3.8) is 0 Å². The van der Waals surface area contributed by atoms with E-state index in [1.807, 2.05) is 30.9 Å². The zero-order valence-corrected chi connectivity index (χ0v) is 12.6. The molecule has 1 saturated heterocycles. The van der Waals surface area contributed by atoms with E-state index < -0.39 is 6.10 Å². The van der Waals surface area contributed by atoms with Crippen molar-refractivity contribution in [2.75, 3.05) is 13.1 Å². The summed E-state index contributed by atoms with van der Waals surface area (Å²) in [6, 6.07) is 6.11. The molecule has 1 N–H and O–H groups in total. The monoisotopic (exact) mass is 275 g/mol. The third-order valence-electron chi connectivity index (χ3n) is 3.94. The molecule has 2 rings (SSSR count). The van der Waals surface area contributed by atoms with Gasteiger partial charge >= 0.3 is 0 Å². The Balaban J connectivity index is 2.04. The summed E-state index contributed by atoms with van der Waals surface area (Å²) in [4.78, 5) is 13.9. The first-order valence-corrected chi connectivity index (χ1v) is 7.60. The molecular formula is C17H25NO2. The van der Waals surface area contributed by atoms with Gasteiger partial charge in [0.05, 0.1) is 12.6 Å². The van der Waals surface area contributed by atoms with Gasteiger partial charge in [-0.1, -0.05) is 42.2 Å². The van der Waals surface area contributed by atoms with Gasteiger partial charge in [-0.15, -0.1) is 0 Å². The maximum absolute atomic E-state index is 12.1. The van der Waals surface area contributed by atoms with Gasteiger partial charge in [0.2, 0.25) is 5.91 Å². The van der Waals surface area contributed by atoms with E-state index in [1.165, 1.54) is 6.42 Å². The fourth-order valence-corrected chi connectivity index (χ4v) is 2.92. The molecule has 0 aromatic heterocycles. The average molecular weight is 275 g/mol. The van der Waals surface area contributed by atoms with Crippen LogP contribution in [0.2, 0.25) is 0 Å². The lowest BCUT2D eigenvalue weighted by molar-refractivity contribution is -0.133. The molecule has 1 amide bonds. The Morgan fingerprint density at radius 3 is 2.45 bits per heavy atom. The molecule has 1 aromatic rings. The highest BCUT2D eigenvalue weighted by Gasteiger charge is 2.19. The third-order valence-corrected chi connectivity index (χ3v) is 3.94. The molecule has 0 bridgehead atoms. The average Bonchev–Trinajstić information content (AvgIpc) is 2.37. The molecule has 1 fully saturated rings. The summed E-state index contributed by atoms with van der Waals surface area (Å²) < 4.78 is 0. The number of hydrogen-bond acceptors (Lipinski definition) is 2. The molecule has 1 aromatic carbocycles. The highest BCUT2D eigenvalue weighted by molar-refractivity contribution is 5.76. The van der Waals surface area contributed by atoms with Crippen LogP contribution in [0, 0.1) is 13.8 Å². The van der Waals surface area contributed by atoms with Gasteiger partial charge < -0.3 is 10.0 Å². The normalized spacial score (nSPS) is 18.6. The van der Waals surface area contributed by atoms with Crippen molar-refractivity contribution in [1.82, 2.24) is 4.90 Å². The SMILES string of the molecule is Cc1cc(C)cc(C(O)CN2CCCCCCC2=O)c1. The second-order valence-electron chi connectivity index (χ2n) is 5.94. The van der Waals surface area contributed by atoms with Crippen LogP contribution >= 0.6 is 0 Å². The fourth-order valence-electron chi connectivity index (χ4n) is 2.92. The number of hydrogen-bond donors (Lipinski definition) is 1. The third kappa shape index (κ3) is 4.07. The molecule has 20 heavy (non-hydrogen) atoms. The first-order valence-electron chi connectivity index (χ1n) is 7.60. The molecule has 110 valence electrons. The summed E-state index contributed by atoms with van der Waals surface area (Å²) in [5.41, 5.74) is 3.22. The number of aryl methyl sites for hydroxylation is 2. The van der Waals surface area contributed by atoms with Crippen LogP contribution in [0.5, 0.6) is 0 Å². The molecule has 0 saturated carbocycles. The van der Waals surface area contributed by atoms with E-state index in [0.717, 1.165) is 42.5 Å². The number of benzene rings is 1. The highest BCUT2D eigenvalue weighted by Crippen LogP contribution is 2.20. The minimum Gasteiger partial charge on any atom is -0.387 e. The maximum Gasteiger partial charge on any atom is 0.222 e. The predicted octanol–water partition coefficient (Wildman–Crippen LogP) is 3.13. The second kappa shape index (κ2) is 6.89. The maximum atomic E-state index is 12.1. The largest absolute Gasteiger partial charge is 0.387 e. The van der Waals surface area contributed by atoms with E-state index in [2.05, 4.69) is 6.07 Å². The molecule has 3 nitrogen and oxygen atoms in total. The number of amides is 1. The van der Waals surface area contributed by atoms with Gasteiger partial charge in [0, 0.05) is 13.0 Å². The zero-order chi connectivity index (χ0) is 14.5. The van der Waals surface area contributed by atoms with E-state index in [1.54, 1.807) is 0 Å². The summed E-state index contributed by atoms with van der Waals surface area (Å²) in [5, 5.41) is 10.4. The number of nitrogens with zero attached hydrogens (tertiary/aromatic N) is 1. The van der Waals surface area contributed by atoms with E-state index >= 15 is 0 Å². The molecule has 0 aliphatic carbocycles. The Morgan fingerprint density at radius 1 is 1.10 bits per heavy atom. The van der Waals surface area contributed by atoms with Crippen molar-refractivity contribution >= 4 is 5.91 Å². The van der Waals surface area contributed by atoms with Gasteiger partial charge in [0.25, 0.3) is 0 Å². The predicted molar refractivity (Wildman–Crippen MR) is 80.5 cm³/mol. The number of rotatable bonds is 3. The number of aliphatic hydroxyl groups is 1. The Hall–Kier alpha value is -1.35. The Morgan fingerprint density at radius 2 is 1.75 bits per heavy atom. The topological polar surface area (TPSA) is 40.5 Å². The van der Waals surface area contributed by atoms with Gasteiger partial charge in [0.1, 0.15) is 0 Å². The van der Waals surface area contributed by atoms with Crippen LogP contribution < -0.4 is 0 Å². The van der Waals surface area contributed by atoms with Crippen LogP contribution in [-0.4, -0.2) is 29.0 Å². The van der Waals surface area contributed by atoms with Gasteiger partial charge in [-0.05, 0) is 32.3 Å². The molecule has 1 aliphatic rings. The molecule has 1 aliphatic heterocycles. The van der Waals surface area contributed by atoms with Gasteiger partial charge in [-0.2, -0.15) is 0 Å². The second-order valence-corrected chi connectivity index (χ2v) is 5.94. The van der Waals surface area contributed by atoms with E-state index in [4.69, 9.17) is 0 Å². The van der Waals surface area contributed by atoms with Crippen LogP contribution in [0.25, 0.3) is 0 Å². The molecule has 1 atom stereocenters. The lowest BCUT2D eigenvalue weighted by Gasteiger charge is -2.27. The molecule has 0 spiro atoms. The zero-order valence-electron chi connectivity index (χ0n) is 12.6. The Kier molecular flexibility index (Phi) is 5.18. The lowest BCUT2D eigenvalue weighted by atomic mass is 10.0. The van der Waals surface area contributed by atoms with Gasteiger partial charge in [-0.3, -0.25) is 4.79 Å². The van der Waals surface area contributed by atoms with Crippen molar-refractivity contribution in [2.45, 2.75) is 52.1 Å². The Labute approximate surface area is 121 Å². The first-order chi connectivity index (χ1) is 9.56. The fraction of sp³-hybridized carbons (Fsp3) is 0.588. The van der Waals surface area contributed by atoms with Crippen LogP contribution in [0.3, 0.4) is 0 Å². The molecule has 1 heterocycles. The summed E-state index contributed by atoms with van der Waals surface area (Å²) in [6.07, 6.45) is 4.40. The van der Waals surface area contributed by atoms with Crippen molar-refractivity contribution in [2.24, 2.45) is 0 Å². The number of carbonyl (C=O) groups is 1. The summed E-state index contributed by atoms with van der Waals surface area (Å²) in [7, 11) is 0. The molecular weight excluding hydrogens is 250 g/mol. The molecule has 3 heteroatoms. The van der Waals surface area contributed by atoms with Crippen molar-refractivity contribution in [3.8, 4) is 0 Å². The van der Waals surface area contributed by atoms with Crippen molar-refractivity contribution < 1.29 is 9.90 Å². The van der Waals surface area contributed by atoms with Crippen LogP contribution in [0.1, 0.15) is 54.9 Å². The molecule has 1 unspecified atom stereocenters. The first kappa shape index (κ1) is 15.0. The van der Waals surface area contributed by atoms with Gasteiger partial charge in [-0.25, -0.2) is 0 Å². The smallest absolute Gasteiger partial charge is 0.222 e. The number of aliphatic hydroxyl groups excluding tert-OH is 1. The van der Waals surface area contributed by atoms with Crippen LogP contribution in [0.15, 0.2) is 18.2 Å². The summed E-state index contributed by atoms with van der Waals surface area (Å²) in [6.45, 7) is 5.26. The lowest BCUT2D eigenvalue weighted by Crippen LogP contribution is -2.36. The van der Waals surface area contributed by atoms with Crippen molar-refractivity contribution in [3.05, 3.63) is 34.9 Å². The Bertz CT molecular complexity index is 450. The minimum absolute atomic E-state index is 0.188. The van der Waals surface area contributed by atoms with Gasteiger partial charge in [0.15, 0.2) is 0 Å². The van der Waals surface area contributed by atoms with E-state index in [9.17, 15) is 9.90 Å². The summed E-state index contributed by atoms with van der Waals surface area (Å²) >= 11 is 0. The quantitative estimate of drug-likeness (QED) is 0.920. The molecule has 0 radical (unpaired) electrons. The standard InChI is InChI=1S/C17H25NO2/c1-13-9-14(2)11-15(10-13)16(19)12-18-8-6-4-3-5-7-17(18)20/h9-11,16,19H,3-8,12H2,1-2H3. The van der Waals surface area contributed by atoms with E-state index in [-0.39, 0.29) is 5.91 Å². The number of β-amino-alcohol motifs (C(OH)–C–C–N with tert-alkyl or cyclic N) is 1. The highest BCUT2D eigenvalue weighted by atomic mass is 16.3. The van der Waals surface area contributed by atoms with Crippen molar-refractivity contribution in [1.29, 1.82) is 0 Å². The minimum atomic E-state index is -0.586.